The van der Waals surface area contributed by atoms with E-state index in [1.54, 1.807) is 19.1 Å². The molecule has 0 bridgehead atoms. The molecule has 8 nitrogen and oxygen atoms in total. The topological polar surface area (TPSA) is 111 Å². The van der Waals surface area contributed by atoms with Crippen LogP contribution in [0.3, 0.4) is 0 Å². The van der Waals surface area contributed by atoms with Gasteiger partial charge in [-0.05, 0) is 55.7 Å². The maximum absolute atomic E-state index is 13.0. The van der Waals surface area contributed by atoms with Crippen LogP contribution in [-0.2, 0) is 9.53 Å². The molecule has 2 amide bonds. The molecule has 0 saturated heterocycles. The highest BCUT2D eigenvalue weighted by Crippen LogP contribution is 2.33. The number of carbonyl (C=O) groups is 2. The van der Waals surface area contributed by atoms with Crippen LogP contribution in [0.1, 0.15) is 51.6 Å². The second-order valence-electron chi connectivity index (χ2n) is 7.71. The quantitative estimate of drug-likeness (QED) is 0.466. The number of ether oxygens (including phenoxy) is 1. The maximum atomic E-state index is 13.0. The van der Waals surface area contributed by atoms with Crippen LogP contribution in [0.2, 0.25) is 0 Å². The number of rotatable bonds is 4. The lowest BCUT2D eigenvalue weighted by Crippen LogP contribution is -2.45. The molecule has 1 heterocycles. The van der Waals surface area contributed by atoms with E-state index in [0.29, 0.717) is 28.7 Å². The molecule has 2 N–H and O–H groups in total. The number of hydrogen-bond acceptors (Lipinski definition) is 5. The van der Waals surface area contributed by atoms with E-state index in [4.69, 9.17) is 4.74 Å². The van der Waals surface area contributed by atoms with Gasteiger partial charge >= 0.3 is 12.0 Å². The number of allylic oxidation sites excluding steroid dienone is 1. The first kappa shape index (κ1) is 19.9. The molecule has 1 fully saturated rings. The van der Waals surface area contributed by atoms with Gasteiger partial charge in [-0.2, -0.15) is 0 Å². The fourth-order valence-corrected chi connectivity index (χ4v) is 3.82. The minimum Gasteiger partial charge on any atom is -0.459 e. The van der Waals surface area contributed by atoms with Gasteiger partial charge in [0.15, 0.2) is 0 Å². The normalized spacial score (nSPS) is 27.6. The number of esters is 1. The van der Waals surface area contributed by atoms with E-state index in [0.717, 1.165) is 19.3 Å². The van der Waals surface area contributed by atoms with Crippen LogP contribution in [0, 0.1) is 22.0 Å². The van der Waals surface area contributed by atoms with Gasteiger partial charge in [0.05, 0.1) is 16.5 Å². The third kappa shape index (κ3) is 4.16. The molecular formula is C20H25N3O5. The molecule has 8 heteroatoms. The Hall–Kier alpha value is -2.90. The number of nitrogens with one attached hydrogen (secondary N) is 2. The number of nitro benzene ring substituents is 1. The van der Waals surface area contributed by atoms with Gasteiger partial charge in [0.1, 0.15) is 6.10 Å². The molecule has 1 aliphatic heterocycles. The number of carbonyl (C=O) groups excluding carboxylic acids is 2. The zero-order valence-electron chi connectivity index (χ0n) is 16.2. The lowest BCUT2D eigenvalue weighted by atomic mass is 9.80. The number of nitro groups is 1. The minimum absolute atomic E-state index is 0.0563. The monoisotopic (exact) mass is 387 g/mol. The van der Waals surface area contributed by atoms with Crippen LogP contribution < -0.4 is 10.6 Å². The van der Waals surface area contributed by atoms with E-state index in [9.17, 15) is 19.7 Å². The molecule has 3 rings (SSSR count). The van der Waals surface area contributed by atoms with Crippen molar-refractivity contribution in [2.75, 3.05) is 0 Å². The summed E-state index contributed by atoms with van der Waals surface area (Å²) in [6.07, 6.45) is 2.51. The Morgan fingerprint density at radius 2 is 1.86 bits per heavy atom. The Bertz CT molecular complexity index is 818. The molecule has 4 atom stereocenters. The minimum atomic E-state index is -0.720. The molecule has 2 aliphatic rings. The third-order valence-electron chi connectivity index (χ3n) is 5.75. The molecule has 1 aliphatic carbocycles. The lowest BCUT2D eigenvalue weighted by molar-refractivity contribution is -0.384. The van der Waals surface area contributed by atoms with Crippen LogP contribution in [0.25, 0.3) is 0 Å². The first-order valence-electron chi connectivity index (χ1n) is 9.50. The van der Waals surface area contributed by atoms with Crippen LogP contribution in [0.5, 0.6) is 0 Å². The van der Waals surface area contributed by atoms with Crippen molar-refractivity contribution >= 4 is 17.7 Å². The van der Waals surface area contributed by atoms with Crippen LogP contribution in [0.15, 0.2) is 35.5 Å². The van der Waals surface area contributed by atoms with Crippen molar-refractivity contribution in [3.63, 3.8) is 0 Å². The van der Waals surface area contributed by atoms with Crippen molar-refractivity contribution in [1.82, 2.24) is 10.6 Å². The first-order valence-corrected chi connectivity index (χ1v) is 9.50. The van der Waals surface area contributed by atoms with Crippen molar-refractivity contribution in [3.05, 3.63) is 51.2 Å². The average Bonchev–Trinajstić information content (AvgIpc) is 2.64. The maximum Gasteiger partial charge on any atom is 0.338 e. The smallest absolute Gasteiger partial charge is 0.338 e. The van der Waals surface area contributed by atoms with Crippen molar-refractivity contribution in [1.29, 1.82) is 0 Å². The summed E-state index contributed by atoms with van der Waals surface area (Å²) in [5, 5.41) is 16.2. The highest BCUT2D eigenvalue weighted by Gasteiger charge is 2.35. The van der Waals surface area contributed by atoms with Gasteiger partial charge in [-0.25, -0.2) is 9.59 Å². The van der Waals surface area contributed by atoms with Crippen LogP contribution in [0.4, 0.5) is 10.5 Å². The summed E-state index contributed by atoms with van der Waals surface area (Å²) in [4.78, 5) is 35.3. The van der Waals surface area contributed by atoms with E-state index in [1.807, 2.05) is 0 Å². The van der Waals surface area contributed by atoms with Gasteiger partial charge < -0.3 is 15.4 Å². The van der Waals surface area contributed by atoms with Crippen LogP contribution >= 0.6 is 0 Å². The predicted molar refractivity (Wildman–Crippen MR) is 102 cm³/mol. The van der Waals surface area contributed by atoms with Gasteiger partial charge in [-0.15, -0.1) is 0 Å². The zero-order valence-corrected chi connectivity index (χ0v) is 16.2. The number of hydrogen-bond donors (Lipinski definition) is 2. The second-order valence-corrected chi connectivity index (χ2v) is 7.71. The first-order chi connectivity index (χ1) is 13.3. The SMILES string of the molecule is CC1=C(C(=O)O[C@@H]2CC[C@@H](C)[C@@H](C)C2)[C@@H](c2ccc([N+](=O)[O-])cc2)NC(=O)N1. The van der Waals surface area contributed by atoms with Gasteiger partial charge in [0.25, 0.3) is 5.69 Å². The Labute approximate surface area is 163 Å². The number of non-ortho nitro benzene ring substituents is 1. The highest BCUT2D eigenvalue weighted by molar-refractivity contribution is 5.95. The zero-order chi connectivity index (χ0) is 20.4. The number of nitrogens with zero attached hydrogens (tertiary/aromatic N) is 1. The van der Waals surface area contributed by atoms with Crippen molar-refractivity contribution in [3.8, 4) is 0 Å². The fraction of sp³-hybridized carbons (Fsp3) is 0.500. The molecule has 28 heavy (non-hydrogen) atoms. The summed E-state index contributed by atoms with van der Waals surface area (Å²) in [6, 6.07) is 4.64. The molecular weight excluding hydrogens is 362 g/mol. The summed E-state index contributed by atoms with van der Waals surface area (Å²) < 4.78 is 5.77. The van der Waals surface area contributed by atoms with Gasteiger partial charge in [0.2, 0.25) is 0 Å². The lowest BCUT2D eigenvalue weighted by Gasteiger charge is -2.33. The third-order valence-corrected chi connectivity index (χ3v) is 5.75. The highest BCUT2D eigenvalue weighted by atomic mass is 16.6. The summed E-state index contributed by atoms with van der Waals surface area (Å²) in [7, 11) is 0. The average molecular weight is 387 g/mol. The molecule has 0 unspecified atom stereocenters. The van der Waals surface area contributed by atoms with Crippen LogP contribution in [-0.4, -0.2) is 23.0 Å². The predicted octanol–water partition coefficient (Wildman–Crippen LogP) is 3.59. The molecule has 150 valence electrons. The second kappa shape index (κ2) is 8.00. The number of benzene rings is 1. The van der Waals surface area contributed by atoms with Crippen molar-refractivity contribution < 1.29 is 19.2 Å². The van der Waals surface area contributed by atoms with Crippen molar-refractivity contribution in [2.24, 2.45) is 11.8 Å². The molecule has 1 aromatic rings. The Morgan fingerprint density at radius 3 is 2.46 bits per heavy atom. The Morgan fingerprint density at radius 1 is 1.18 bits per heavy atom. The fourth-order valence-electron chi connectivity index (χ4n) is 3.82. The molecule has 0 radical (unpaired) electrons. The van der Waals surface area contributed by atoms with Gasteiger partial charge in [-0.3, -0.25) is 10.1 Å². The van der Waals surface area contributed by atoms with E-state index in [1.165, 1.54) is 12.1 Å². The summed E-state index contributed by atoms with van der Waals surface area (Å²) in [5.41, 5.74) is 1.27. The number of urea groups is 1. The van der Waals surface area contributed by atoms with E-state index >= 15 is 0 Å². The van der Waals surface area contributed by atoms with Gasteiger partial charge in [-0.1, -0.05) is 13.8 Å². The Balaban J connectivity index is 1.83. The standard InChI is InChI=1S/C20H25N3O5/c1-11-4-9-16(10-12(11)2)28-19(24)17-13(3)21-20(25)22-18(17)14-5-7-15(8-6-14)23(26)27/h5-8,11-12,16,18H,4,9-10H2,1-3H3,(H2,21,22,25)/t11-,12+,16-,18-/m1/s1. The van der Waals surface area contributed by atoms with E-state index in [-0.39, 0.29) is 11.8 Å². The van der Waals surface area contributed by atoms with E-state index in [2.05, 4.69) is 24.5 Å². The van der Waals surface area contributed by atoms with Gasteiger partial charge in [0, 0.05) is 17.8 Å². The van der Waals surface area contributed by atoms with Crippen molar-refractivity contribution in [2.45, 2.75) is 52.2 Å². The Kier molecular flexibility index (Phi) is 5.67. The summed E-state index contributed by atoms with van der Waals surface area (Å²) in [6.45, 7) is 6.02. The largest absolute Gasteiger partial charge is 0.459 e. The molecule has 1 aromatic carbocycles. The summed E-state index contributed by atoms with van der Waals surface area (Å²) in [5.74, 6) is 0.621. The molecule has 1 saturated carbocycles. The van der Waals surface area contributed by atoms with E-state index < -0.39 is 23.0 Å². The molecule has 0 spiro atoms. The number of amides is 2. The summed E-state index contributed by atoms with van der Waals surface area (Å²) >= 11 is 0. The molecule has 0 aromatic heterocycles.